The maximum atomic E-state index is 10.4. The van der Waals surface area contributed by atoms with Crippen LogP contribution in [0.3, 0.4) is 0 Å². The molecular weight excluding hydrogens is 262 g/mol. The van der Waals surface area contributed by atoms with Crippen molar-refractivity contribution in [1.29, 1.82) is 0 Å². The number of hydrogen-bond acceptors (Lipinski definition) is 3. The number of halogens is 1. The molecule has 1 aromatic heterocycles. The van der Waals surface area contributed by atoms with Gasteiger partial charge in [-0.05, 0) is 37.1 Å². The summed E-state index contributed by atoms with van der Waals surface area (Å²) in [7, 11) is 0. The molecule has 1 heterocycles. The first-order chi connectivity index (χ1) is 9.13. The zero-order chi connectivity index (χ0) is 13.8. The number of aliphatic hydroxyl groups is 1. The Kier molecular flexibility index (Phi) is 4.40. The van der Waals surface area contributed by atoms with Crippen LogP contribution in [0.4, 0.5) is 0 Å². The van der Waals surface area contributed by atoms with Gasteiger partial charge in [-0.1, -0.05) is 23.7 Å². The number of rotatable bonds is 4. The molecular formula is C15H16ClNO2. The molecule has 1 unspecified atom stereocenters. The van der Waals surface area contributed by atoms with Crippen molar-refractivity contribution in [3.05, 3.63) is 58.4 Å². The van der Waals surface area contributed by atoms with Crippen molar-refractivity contribution >= 4 is 11.6 Å². The molecule has 0 amide bonds. The van der Waals surface area contributed by atoms with Gasteiger partial charge in [0, 0.05) is 16.8 Å². The fourth-order valence-electron chi connectivity index (χ4n) is 1.93. The van der Waals surface area contributed by atoms with Gasteiger partial charge in [-0.15, -0.1) is 0 Å². The molecule has 0 aliphatic rings. The van der Waals surface area contributed by atoms with E-state index in [9.17, 15) is 5.11 Å². The molecule has 0 aliphatic carbocycles. The van der Waals surface area contributed by atoms with Gasteiger partial charge in [0.05, 0.1) is 12.8 Å². The molecule has 4 heteroatoms. The fraction of sp³-hybridized carbons (Fsp3) is 0.267. The largest absolute Gasteiger partial charge is 0.492 e. The molecule has 2 aromatic rings. The van der Waals surface area contributed by atoms with Crippen LogP contribution in [0.1, 0.15) is 29.7 Å². The van der Waals surface area contributed by atoms with E-state index in [4.69, 9.17) is 16.3 Å². The first-order valence-corrected chi connectivity index (χ1v) is 6.52. The Morgan fingerprint density at radius 1 is 1.37 bits per heavy atom. The summed E-state index contributed by atoms with van der Waals surface area (Å²) >= 11 is 6.07. The lowest BCUT2D eigenvalue weighted by molar-refractivity contribution is 0.218. The summed E-state index contributed by atoms with van der Waals surface area (Å²) in [4.78, 5) is 4.08. The van der Waals surface area contributed by atoms with Gasteiger partial charge in [0.1, 0.15) is 11.9 Å². The predicted molar refractivity (Wildman–Crippen MR) is 75.7 cm³/mol. The summed E-state index contributed by atoms with van der Waals surface area (Å²) in [5, 5.41) is 11.1. The molecule has 0 aliphatic heterocycles. The van der Waals surface area contributed by atoms with Crippen LogP contribution >= 0.6 is 11.6 Å². The van der Waals surface area contributed by atoms with E-state index < -0.39 is 6.10 Å². The Hall–Kier alpha value is -1.58. The van der Waals surface area contributed by atoms with Crippen LogP contribution in [0.15, 0.2) is 36.7 Å². The van der Waals surface area contributed by atoms with E-state index in [-0.39, 0.29) is 0 Å². The van der Waals surface area contributed by atoms with Crippen molar-refractivity contribution in [3.63, 3.8) is 0 Å². The number of hydrogen-bond donors (Lipinski definition) is 1. The van der Waals surface area contributed by atoms with Crippen LogP contribution in [-0.2, 0) is 0 Å². The lowest BCUT2D eigenvalue weighted by Gasteiger charge is -2.15. The van der Waals surface area contributed by atoms with E-state index in [0.717, 1.165) is 11.1 Å². The standard InChI is InChI=1S/C15H16ClNO2/c1-3-19-12-7-11(8-17-9-12)15(18)13-5-4-6-14(16)10(13)2/h4-9,15,18H,3H2,1-2H3. The molecule has 0 fully saturated rings. The fourth-order valence-corrected chi connectivity index (χ4v) is 2.11. The maximum absolute atomic E-state index is 10.4. The highest BCUT2D eigenvalue weighted by Gasteiger charge is 2.15. The van der Waals surface area contributed by atoms with Crippen LogP contribution in [0.2, 0.25) is 5.02 Å². The third kappa shape index (κ3) is 3.06. The summed E-state index contributed by atoms with van der Waals surface area (Å²) in [6, 6.07) is 7.29. The van der Waals surface area contributed by atoms with Crippen molar-refractivity contribution in [2.75, 3.05) is 6.61 Å². The molecule has 0 radical (unpaired) electrons. The third-order valence-corrected chi connectivity index (χ3v) is 3.37. The smallest absolute Gasteiger partial charge is 0.137 e. The van der Waals surface area contributed by atoms with Gasteiger partial charge in [-0.25, -0.2) is 0 Å². The molecule has 1 N–H and O–H groups in total. The van der Waals surface area contributed by atoms with Gasteiger partial charge in [0.2, 0.25) is 0 Å². The summed E-state index contributed by atoms with van der Waals surface area (Å²) in [6.07, 6.45) is 2.50. The van der Waals surface area contributed by atoms with Crippen molar-refractivity contribution in [3.8, 4) is 5.75 Å². The predicted octanol–water partition coefficient (Wildman–Crippen LogP) is 3.52. The summed E-state index contributed by atoms with van der Waals surface area (Å²) in [5.41, 5.74) is 2.35. The lowest BCUT2D eigenvalue weighted by Crippen LogP contribution is -2.03. The summed E-state index contributed by atoms with van der Waals surface area (Å²) in [6.45, 7) is 4.36. The monoisotopic (exact) mass is 277 g/mol. The van der Waals surface area contributed by atoms with Gasteiger partial charge in [0.25, 0.3) is 0 Å². The third-order valence-electron chi connectivity index (χ3n) is 2.97. The van der Waals surface area contributed by atoms with E-state index in [1.54, 1.807) is 18.5 Å². The number of pyridine rings is 1. The number of ether oxygens (including phenoxy) is 1. The first-order valence-electron chi connectivity index (χ1n) is 6.14. The minimum Gasteiger partial charge on any atom is -0.492 e. The normalized spacial score (nSPS) is 12.2. The minimum atomic E-state index is -0.758. The van der Waals surface area contributed by atoms with Gasteiger partial charge in [0.15, 0.2) is 0 Å². The Labute approximate surface area is 117 Å². The Bertz CT molecular complexity index is 572. The van der Waals surface area contributed by atoms with E-state index in [0.29, 0.717) is 22.9 Å². The second-order valence-electron chi connectivity index (χ2n) is 4.24. The topological polar surface area (TPSA) is 42.4 Å². The number of aromatic nitrogens is 1. The SMILES string of the molecule is CCOc1cncc(C(O)c2cccc(Cl)c2C)c1. The van der Waals surface area contributed by atoms with Gasteiger partial charge in [-0.3, -0.25) is 4.98 Å². The molecule has 1 aromatic carbocycles. The van der Waals surface area contributed by atoms with Crippen LogP contribution in [0, 0.1) is 6.92 Å². The Morgan fingerprint density at radius 3 is 2.89 bits per heavy atom. The van der Waals surface area contributed by atoms with Crippen molar-refractivity contribution < 1.29 is 9.84 Å². The average Bonchev–Trinajstić information content (AvgIpc) is 2.42. The Balaban J connectivity index is 2.35. The highest BCUT2D eigenvalue weighted by Crippen LogP contribution is 2.29. The molecule has 0 spiro atoms. The molecule has 0 saturated carbocycles. The number of nitrogens with zero attached hydrogens (tertiary/aromatic N) is 1. The molecule has 1 atom stereocenters. The molecule has 100 valence electrons. The zero-order valence-electron chi connectivity index (χ0n) is 10.9. The van der Waals surface area contributed by atoms with Crippen LogP contribution in [0.5, 0.6) is 5.75 Å². The van der Waals surface area contributed by atoms with Gasteiger partial charge < -0.3 is 9.84 Å². The van der Waals surface area contributed by atoms with E-state index >= 15 is 0 Å². The number of aliphatic hydroxyl groups excluding tert-OH is 1. The van der Waals surface area contributed by atoms with E-state index in [1.165, 1.54) is 0 Å². The maximum Gasteiger partial charge on any atom is 0.137 e. The van der Waals surface area contributed by atoms with Crippen molar-refractivity contribution in [1.82, 2.24) is 4.98 Å². The highest BCUT2D eigenvalue weighted by molar-refractivity contribution is 6.31. The highest BCUT2D eigenvalue weighted by atomic mass is 35.5. The van der Waals surface area contributed by atoms with Crippen LogP contribution < -0.4 is 4.74 Å². The molecule has 19 heavy (non-hydrogen) atoms. The average molecular weight is 278 g/mol. The molecule has 2 rings (SSSR count). The van der Waals surface area contributed by atoms with Gasteiger partial charge in [-0.2, -0.15) is 0 Å². The first kappa shape index (κ1) is 13.8. The zero-order valence-corrected chi connectivity index (χ0v) is 11.7. The molecule has 0 bridgehead atoms. The van der Waals surface area contributed by atoms with Crippen LogP contribution in [0.25, 0.3) is 0 Å². The number of benzene rings is 1. The minimum absolute atomic E-state index is 0.567. The van der Waals surface area contributed by atoms with Crippen molar-refractivity contribution in [2.24, 2.45) is 0 Å². The Morgan fingerprint density at radius 2 is 2.16 bits per heavy atom. The second-order valence-corrected chi connectivity index (χ2v) is 4.65. The van der Waals surface area contributed by atoms with E-state index in [2.05, 4.69) is 4.98 Å². The molecule has 3 nitrogen and oxygen atoms in total. The lowest BCUT2D eigenvalue weighted by atomic mass is 9.98. The quantitative estimate of drug-likeness (QED) is 0.930. The summed E-state index contributed by atoms with van der Waals surface area (Å²) in [5.74, 6) is 0.652. The second kappa shape index (κ2) is 6.04. The van der Waals surface area contributed by atoms with Crippen LogP contribution in [-0.4, -0.2) is 16.7 Å². The molecule has 0 saturated heterocycles. The summed E-state index contributed by atoms with van der Waals surface area (Å²) < 4.78 is 5.39. The van der Waals surface area contributed by atoms with Crippen molar-refractivity contribution in [2.45, 2.75) is 20.0 Å². The van der Waals surface area contributed by atoms with Gasteiger partial charge >= 0.3 is 0 Å². The van der Waals surface area contributed by atoms with E-state index in [1.807, 2.05) is 32.0 Å².